The number of urea groups is 1. The number of alkyl halides is 3. The third-order valence-electron chi connectivity index (χ3n) is 6.87. The lowest BCUT2D eigenvalue weighted by molar-refractivity contribution is -0.137. The largest absolute Gasteiger partial charge is 0.417 e. The van der Waals surface area contributed by atoms with Crippen molar-refractivity contribution in [2.45, 2.75) is 50.8 Å². The first kappa shape index (κ1) is 23.9. The van der Waals surface area contributed by atoms with Gasteiger partial charge in [-0.05, 0) is 59.4 Å². The van der Waals surface area contributed by atoms with E-state index in [2.05, 4.69) is 38.2 Å². The zero-order valence-electron chi connectivity index (χ0n) is 18.8. The fourth-order valence-electron chi connectivity index (χ4n) is 5.06. The molecule has 178 valence electrons. The van der Waals surface area contributed by atoms with Gasteiger partial charge in [-0.3, -0.25) is 0 Å². The second-order valence-electron chi connectivity index (χ2n) is 10.3. The number of carbonyl (C=O) groups is 1. The van der Waals surface area contributed by atoms with E-state index in [-0.39, 0.29) is 22.9 Å². The Morgan fingerprint density at radius 2 is 1.64 bits per heavy atom. The van der Waals surface area contributed by atoms with E-state index < -0.39 is 28.4 Å². The molecule has 1 aliphatic heterocycles. The van der Waals surface area contributed by atoms with Crippen LogP contribution in [-0.2, 0) is 17.2 Å². The van der Waals surface area contributed by atoms with Crippen LogP contribution in [0.5, 0.6) is 0 Å². The van der Waals surface area contributed by atoms with Crippen LogP contribution in [0.4, 0.5) is 23.7 Å². The molecule has 4 nitrogen and oxygen atoms in total. The lowest BCUT2D eigenvalue weighted by atomic mass is 9.84. The fraction of sp³-hybridized carbons (Fsp3) is 0.480. The van der Waals surface area contributed by atoms with E-state index in [0.29, 0.717) is 25.9 Å². The van der Waals surface area contributed by atoms with E-state index in [0.717, 1.165) is 17.7 Å². The summed E-state index contributed by atoms with van der Waals surface area (Å²) in [4.78, 5) is 14.3. The molecule has 1 heterocycles. The van der Waals surface area contributed by atoms with Crippen molar-refractivity contribution in [1.29, 1.82) is 0 Å². The van der Waals surface area contributed by atoms with Gasteiger partial charge in [-0.25, -0.2) is 4.79 Å². The van der Waals surface area contributed by atoms with Crippen LogP contribution in [0.15, 0.2) is 42.5 Å². The first-order valence-electron chi connectivity index (χ1n) is 11.0. The number of benzene rings is 2. The molecule has 2 amide bonds. The molecule has 8 heteroatoms. The van der Waals surface area contributed by atoms with Crippen LogP contribution in [0.3, 0.4) is 0 Å². The topological polar surface area (TPSA) is 52.6 Å². The third-order valence-corrected chi connectivity index (χ3v) is 7.20. The van der Waals surface area contributed by atoms with E-state index in [1.54, 1.807) is 4.90 Å². The average molecular weight is 481 g/mol. The maximum absolute atomic E-state index is 13.1. The van der Waals surface area contributed by atoms with Gasteiger partial charge in [0.2, 0.25) is 0 Å². The van der Waals surface area contributed by atoms with E-state index in [4.69, 9.17) is 11.6 Å². The van der Waals surface area contributed by atoms with Crippen molar-refractivity contribution in [2.75, 3.05) is 18.4 Å². The number of hydrogen-bond donors (Lipinski definition) is 2. The molecule has 2 N–H and O–H groups in total. The molecule has 33 heavy (non-hydrogen) atoms. The minimum absolute atomic E-state index is 0.0339. The van der Waals surface area contributed by atoms with Gasteiger partial charge < -0.3 is 15.3 Å². The van der Waals surface area contributed by atoms with Crippen molar-refractivity contribution in [3.63, 3.8) is 0 Å². The summed E-state index contributed by atoms with van der Waals surface area (Å²) in [5.41, 5.74) is 0.263. The molecule has 1 saturated carbocycles. The molecule has 1 saturated heterocycles. The SMILES string of the molecule is CC(C)(C)c1ccc(C2(O)CC3CN(C(=O)Nc4ccc(Cl)c(C(F)(F)F)c4)CC3C2)cc1. The monoisotopic (exact) mass is 480 g/mol. The molecule has 1 aliphatic carbocycles. The Kier molecular flexibility index (Phi) is 5.94. The minimum Gasteiger partial charge on any atom is -0.385 e. The van der Waals surface area contributed by atoms with Gasteiger partial charge in [-0.2, -0.15) is 13.2 Å². The molecule has 0 aromatic heterocycles. The maximum atomic E-state index is 13.1. The molecule has 0 radical (unpaired) electrons. The highest BCUT2D eigenvalue weighted by Crippen LogP contribution is 2.49. The normalized spacial score (nSPS) is 25.3. The van der Waals surface area contributed by atoms with Crippen molar-refractivity contribution in [2.24, 2.45) is 11.8 Å². The number of hydrogen-bond acceptors (Lipinski definition) is 2. The number of nitrogens with zero attached hydrogens (tertiary/aromatic N) is 1. The van der Waals surface area contributed by atoms with Crippen molar-refractivity contribution in [3.05, 3.63) is 64.2 Å². The van der Waals surface area contributed by atoms with Gasteiger partial charge in [-0.15, -0.1) is 0 Å². The Balaban J connectivity index is 1.40. The van der Waals surface area contributed by atoms with Crippen LogP contribution >= 0.6 is 11.6 Å². The second-order valence-corrected chi connectivity index (χ2v) is 10.7. The second kappa shape index (κ2) is 8.20. The molecular weight excluding hydrogens is 453 g/mol. The summed E-state index contributed by atoms with van der Waals surface area (Å²) in [6, 6.07) is 11.0. The van der Waals surface area contributed by atoms with Gasteiger partial charge >= 0.3 is 12.2 Å². The molecule has 4 rings (SSSR count). The summed E-state index contributed by atoms with van der Waals surface area (Å²) in [6.07, 6.45) is -3.50. The highest BCUT2D eigenvalue weighted by molar-refractivity contribution is 6.31. The van der Waals surface area contributed by atoms with E-state index in [1.165, 1.54) is 11.6 Å². The van der Waals surface area contributed by atoms with Gasteiger partial charge in [-0.1, -0.05) is 56.6 Å². The summed E-state index contributed by atoms with van der Waals surface area (Å²) >= 11 is 5.65. The van der Waals surface area contributed by atoms with Gasteiger partial charge in [0, 0.05) is 18.8 Å². The summed E-state index contributed by atoms with van der Waals surface area (Å²) in [6.45, 7) is 7.34. The number of amides is 2. The maximum Gasteiger partial charge on any atom is 0.417 e. The Hall–Kier alpha value is -2.25. The third kappa shape index (κ3) is 4.85. The molecule has 2 aromatic carbocycles. The van der Waals surface area contributed by atoms with Crippen LogP contribution in [-0.4, -0.2) is 29.1 Å². The van der Waals surface area contributed by atoms with Crippen LogP contribution in [0.2, 0.25) is 5.02 Å². The number of likely N-dealkylation sites (tertiary alicyclic amines) is 1. The van der Waals surface area contributed by atoms with Gasteiger partial charge in [0.25, 0.3) is 0 Å². The molecular formula is C25H28ClF3N2O2. The Bertz CT molecular complexity index is 1030. The molecule has 2 atom stereocenters. The van der Waals surface area contributed by atoms with Crippen LogP contribution in [0.25, 0.3) is 0 Å². The minimum atomic E-state index is -4.60. The summed E-state index contributed by atoms with van der Waals surface area (Å²) in [5.74, 6) is 0.276. The highest BCUT2D eigenvalue weighted by atomic mass is 35.5. The number of nitrogens with one attached hydrogen (secondary N) is 1. The molecule has 2 fully saturated rings. The smallest absolute Gasteiger partial charge is 0.385 e. The predicted molar refractivity (Wildman–Crippen MR) is 122 cm³/mol. The molecule has 0 bridgehead atoms. The van der Waals surface area contributed by atoms with Crippen molar-refractivity contribution >= 4 is 23.3 Å². The van der Waals surface area contributed by atoms with Crippen molar-refractivity contribution in [3.8, 4) is 0 Å². The molecule has 2 aromatic rings. The summed E-state index contributed by atoms with van der Waals surface area (Å²) in [7, 11) is 0. The van der Waals surface area contributed by atoms with Crippen molar-refractivity contribution in [1.82, 2.24) is 4.90 Å². The van der Waals surface area contributed by atoms with Crippen LogP contribution in [0.1, 0.15) is 50.3 Å². The number of carbonyl (C=O) groups excluding carboxylic acids is 1. The van der Waals surface area contributed by atoms with E-state index >= 15 is 0 Å². The Labute approximate surface area is 196 Å². The summed E-state index contributed by atoms with van der Waals surface area (Å²) in [5, 5.41) is 13.5. The Morgan fingerprint density at radius 3 is 2.15 bits per heavy atom. The predicted octanol–water partition coefficient (Wildman–Crippen LogP) is 6.42. The zero-order valence-corrected chi connectivity index (χ0v) is 19.6. The van der Waals surface area contributed by atoms with Crippen LogP contribution < -0.4 is 5.32 Å². The lowest BCUT2D eigenvalue weighted by Gasteiger charge is -2.28. The molecule has 0 spiro atoms. The fourth-order valence-corrected chi connectivity index (χ4v) is 5.28. The number of halogens is 4. The molecule has 2 aliphatic rings. The quantitative estimate of drug-likeness (QED) is 0.521. The van der Waals surface area contributed by atoms with Gasteiger partial charge in [0.15, 0.2) is 0 Å². The first-order valence-corrected chi connectivity index (χ1v) is 11.4. The Morgan fingerprint density at radius 1 is 1.06 bits per heavy atom. The van der Waals surface area contributed by atoms with Gasteiger partial charge in [0.1, 0.15) is 0 Å². The molecule has 2 unspecified atom stereocenters. The van der Waals surface area contributed by atoms with E-state index in [1.807, 2.05) is 12.1 Å². The first-order chi connectivity index (χ1) is 15.3. The average Bonchev–Trinajstić information content (AvgIpc) is 3.24. The lowest BCUT2D eigenvalue weighted by Crippen LogP contribution is -2.35. The standard InChI is InChI=1S/C25H28ClF3N2O2/c1-23(2,3)17-4-6-18(7-5-17)24(33)11-15-13-31(14-16(15)12-24)22(32)30-19-8-9-21(26)20(10-19)25(27,28)29/h4-10,15-16,33H,11-14H2,1-3H3,(H,30,32). The zero-order chi connectivity index (χ0) is 24.2. The van der Waals surface area contributed by atoms with Gasteiger partial charge in [0.05, 0.1) is 16.2 Å². The number of aliphatic hydroxyl groups is 1. The van der Waals surface area contributed by atoms with Crippen LogP contribution in [0, 0.1) is 11.8 Å². The number of rotatable bonds is 2. The summed E-state index contributed by atoms with van der Waals surface area (Å²) < 4.78 is 39.3. The number of fused-ring (bicyclic) bond motifs is 1. The van der Waals surface area contributed by atoms with Crippen molar-refractivity contribution < 1.29 is 23.1 Å². The van der Waals surface area contributed by atoms with E-state index in [9.17, 15) is 23.1 Å². The number of anilines is 1. The highest BCUT2D eigenvalue weighted by Gasteiger charge is 2.50.